The predicted octanol–water partition coefficient (Wildman–Crippen LogP) is 2.75. The number of piperidine rings is 1. The van der Waals surface area contributed by atoms with Crippen LogP contribution in [-0.4, -0.2) is 37.0 Å². The van der Waals surface area contributed by atoms with Gasteiger partial charge in [-0.2, -0.15) is 0 Å². The Morgan fingerprint density at radius 2 is 1.78 bits per heavy atom. The van der Waals surface area contributed by atoms with E-state index in [-0.39, 0.29) is 5.91 Å². The topological polar surface area (TPSA) is 37.7 Å². The second kappa shape index (κ2) is 6.50. The fourth-order valence-electron chi connectivity index (χ4n) is 4.76. The van der Waals surface area contributed by atoms with E-state index in [1.807, 2.05) is 18.3 Å². The molecule has 1 N–H and O–H groups in total. The van der Waals surface area contributed by atoms with E-state index in [1.54, 1.807) is 0 Å². The van der Waals surface area contributed by atoms with E-state index >= 15 is 0 Å². The molecule has 4 rings (SSSR count). The second-order valence-electron chi connectivity index (χ2n) is 7.47. The maximum atomic E-state index is 13.1. The number of hydrogen-bond donors (Lipinski definition) is 0. The highest BCUT2D eigenvalue weighted by Gasteiger charge is 2.35. The zero-order chi connectivity index (χ0) is 15.6. The van der Waals surface area contributed by atoms with Crippen LogP contribution in [0, 0.1) is 11.8 Å². The summed E-state index contributed by atoms with van der Waals surface area (Å²) < 4.78 is 0. The number of nitrogens with zero attached hydrogens (tertiary/aromatic N) is 2. The van der Waals surface area contributed by atoms with Crippen LogP contribution in [0.4, 0.5) is 5.82 Å². The van der Waals surface area contributed by atoms with Crippen molar-refractivity contribution in [2.45, 2.75) is 44.9 Å². The Labute approximate surface area is 138 Å². The molecule has 3 heterocycles. The maximum Gasteiger partial charge on any atom is 0.287 e. The first-order valence-electron chi connectivity index (χ1n) is 9.38. The van der Waals surface area contributed by atoms with Gasteiger partial charge in [-0.1, -0.05) is 19.3 Å². The number of likely N-dealkylation sites (tertiary alicyclic amines) is 1. The van der Waals surface area contributed by atoms with E-state index < -0.39 is 0 Å². The molecular weight excluding hydrogens is 286 g/mol. The molecule has 1 aromatic rings. The highest BCUT2D eigenvalue weighted by Crippen LogP contribution is 2.36. The zero-order valence-electron chi connectivity index (χ0n) is 14.0. The van der Waals surface area contributed by atoms with Crippen LogP contribution in [0.25, 0.3) is 0 Å². The molecule has 3 fully saturated rings. The minimum absolute atomic E-state index is 0.229. The Morgan fingerprint density at radius 3 is 2.61 bits per heavy atom. The Kier molecular flexibility index (Phi) is 4.23. The van der Waals surface area contributed by atoms with Crippen LogP contribution in [0.1, 0.15) is 55.3 Å². The number of fused-ring (bicyclic) bond motifs is 1. The third kappa shape index (κ3) is 2.96. The lowest BCUT2D eigenvalue weighted by Gasteiger charge is -2.41. The van der Waals surface area contributed by atoms with Crippen LogP contribution in [0.5, 0.6) is 0 Å². The van der Waals surface area contributed by atoms with Crippen molar-refractivity contribution < 1.29 is 9.78 Å². The van der Waals surface area contributed by atoms with Crippen molar-refractivity contribution in [3.63, 3.8) is 0 Å². The average Bonchev–Trinajstić information content (AvgIpc) is 3.15. The lowest BCUT2D eigenvalue weighted by molar-refractivity contribution is -0.364. The first-order valence-corrected chi connectivity index (χ1v) is 9.38. The molecule has 0 aromatic carbocycles. The van der Waals surface area contributed by atoms with Crippen LogP contribution in [0.2, 0.25) is 0 Å². The van der Waals surface area contributed by atoms with Crippen LogP contribution in [-0.2, 0) is 0 Å². The molecule has 0 unspecified atom stereocenters. The lowest BCUT2D eigenvalue weighted by atomic mass is 9.75. The van der Waals surface area contributed by atoms with E-state index in [1.165, 1.54) is 44.9 Å². The molecular formula is C19H28N3O+. The van der Waals surface area contributed by atoms with Crippen LogP contribution in [0.15, 0.2) is 18.3 Å². The summed E-state index contributed by atoms with van der Waals surface area (Å²) in [6.45, 7) is 4.03. The van der Waals surface area contributed by atoms with Gasteiger partial charge >= 0.3 is 0 Å². The highest BCUT2D eigenvalue weighted by atomic mass is 16.2. The molecule has 2 saturated heterocycles. The van der Waals surface area contributed by atoms with E-state index in [0.29, 0.717) is 0 Å². The first kappa shape index (κ1) is 15.0. The number of H-pyrrole nitrogens is 1. The Hall–Kier alpha value is -1.58. The summed E-state index contributed by atoms with van der Waals surface area (Å²) >= 11 is 0. The third-order valence-electron chi connectivity index (χ3n) is 6.07. The van der Waals surface area contributed by atoms with Gasteiger partial charge in [-0.25, -0.2) is 4.98 Å². The molecule has 1 saturated carbocycles. The number of rotatable bonds is 2. The van der Waals surface area contributed by atoms with Gasteiger partial charge in [-0.05, 0) is 49.7 Å². The largest absolute Gasteiger partial charge is 0.338 e. The van der Waals surface area contributed by atoms with Crippen molar-refractivity contribution >= 4 is 11.7 Å². The molecule has 2 aliphatic heterocycles. The summed E-state index contributed by atoms with van der Waals surface area (Å²) in [7, 11) is 0. The minimum Gasteiger partial charge on any atom is -0.338 e. The normalized spacial score (nSPS) is 27.8. The summed E-state index contributed by atoms with van der Waals surface area (Å²) in [5.41, 5.74) is 0.864. The summed E-state index contributed by atoms with van der Waals surface area (Å²) in [5.74, 6) is 2.87. The Balaban J connectivity index is 1.52. The molecule has 4 heteroatoms. The molecule has 124 valence electrons. The van der Waals surface area contributed by atoms with Gasteiger partial charge in [0.25, 0.3) is 11.7 Å². The number of nitrogens with one attached hydrogen (secondary N) is 1. The molecule has 0 spiro atoms. The van der Waals surface area contributed by atoms with E-state index in [4.69, 9.17) is 0 Å². The number of aromatic amines is 1. The maximum absolute atomic E-state index is 13.1. The zero-order valence-corrected chi connectivity index (χ0v) is 14.0. The molecule has 1 amide bonds. The van der Waals surface area contributed by atoms with Crippen molar-refractivity contribution in [3.8, 4) is 0 Å². The van der Waals surface area contributed by atoms with Gasteiger partial charge in [0.2, 0.25) is 0 Å². The Morgan fingerprint density at radius 1 is 1.00 bits per heavy atom. The molecule has 23 heavy (non-hydrogen) atoms. The summed E-state index contributed by atoms with van der Waals surface area (Å²) in [4.78, 5) is 20.9. The van der Waals surface area contributed by atoms with Gasteiger partial charge < -0.3 is 4.90 Å². The number of aromatic nitrogens is 1. The standard InChI is InChI=1S/C19H27N3O/c23-19(22-13-9-15-6-1-2-7-16(15)14-22)17-8-5-10-20-18(17)21-11-3-4-12-21/h5,8,10,15-16H,1-4,6-7,9,11-14H2/p+1/t15-,16-/m1/s1. The van der Waals surface area contributed by atoms with Crippen molar-refractivity contribution in [2.75, 3.05) is 31.1 Å². The SMILES string of the molecule is O=C(c1ccc[nH+]c1N1CCCC1)N1CC[C@H]2CCCC[C@@H]2C1. The predicted molar refractivity (Wildman–Crippen MR) is 90.4 cm³/mol. The quantitative estimate of drug-likeness (QED) is 0.842. The van der Waals surface area contributed by atoms with Crippen molar-refractivity contribution in [1.29, 1.82) is 0 Å². The van der Waals surface area contributed by atoms with Gasteiger partial charge in [-0.3, -0.25) is 9.69 Å². The van der Waals surface area contributed by atoms with Gasteiger partial charge in [0.1, 0.15) is 5.56 Å². The highest BCUT2D eigenvalue weighted by molar-refractivity contribution is 5.98. The van der Waals surface area contributed by atoms with E-state index in [2.05, 4.69) is 14.8 Å². The fraction of sp³-hybridized carbons (Fsp3) is 0.684. The lowest BCUT2D eigenvalue weighted by Crippen LogP contribution is -2.45. The monoisotopic (exact) mass is 314 g/mol. The smallest absolute Gasteiger partial charge is 0.287 e. The number of carbonyl (C=O) groups is 1. The molecule has 2 atom stereocenters. The average molecular weight is 314 g/mol. The molecule has 3 aliphatic rings. The van der Waals surface area contributed by atoms with Gasteiger partial charge in [-0.15, -0.1) is 0 Å². The fourth-order valence-corrected chi connectivity index (χ4v) is 4.76. The molecule has 1 aliphatic carbocycles. The number of pyridine rings is 1. The molecule has 1 aromatic heterocycles. The molecule has 0 bridgehead atoms. The van der Waals surface area contributed by atoms with Gasteiger partial charge in [0, 0.05) is 13.1 Å². The van der Waals surface area contributed by atoms with Crippen molar-refractivity contribution in [3.05, 3.63) is 23.9 Å². The van der Waals surface area contributed by atoms with Crippen LogP contribution in [0.3, 0.4) is 0 Å². The number of amides is 1. The third-order valence-corrected chi connectivity index (χ3v) is 6.07. The van der Waals surface area contributed by atoms with Gasteiger partial charge in [0.05, 0.1) is 19.3 Å². The van der Waals surface area contributed by atoms with E-state index in [9.17, 15) is 4.79 Å². The second-order valence-corrected chi connectivity index (χ2v) is 7.47. The Bertz CT molecular complexity index is 567. The van der Waals surface area contributed by atoms with Crippen molar-refractivity contribution in [2.24, 2.45) is 11.8 Å². The minimum atomic E-state index is 0.229. The van der Waals surface area contributed by atoms with E-state index in [0.717, 1.165) is 49.4 Å². The number of anilines is 1. The van der Waals surface area contributed by atoms with Crippen LogP contribution >= 0.6 is 0 Å². The van der Waals surface area contributed by atoms with Crippen molar-refractivity contribution in [1.82, 2.24) is 4.90 Å². The molecule has 4 nitrogen and oxygen atoms in total. The summed E-state index contributed by atoms with van der Waals surface area (Å²) in [6, 6.07) is 3.96. The summed E-state index contributed by atoms with van der Waals surface area (Å²) in [6.07, 6.45) is 11.0. The van der Waals surface area contributed by atoms with Crippen LogP contribution < -0.4 is 9.88 Å². The number of carbonyl (C=O) groups excluding carboxylic acids is 1. The van der Waals surface area contributed by atoms with Gasteiger partial charge in [0.15, 0.2) is 0 Å². The number of hydrogen-bond acceptors (Lipinski definition) is 2. The first-order chi connectivity index (χ1) is 11.3. The summed E-state index contributed by atoms with van der Waals surface area (Å²) in [5, 5.41) is 0. The molecule has 0 radical (unpaired) electrons.